The molecule has 0 unspecified atom stereocenters. The Labute approximate surface area is 151 Å². The Morgan fingerprint density at radius 2 is 2.00 bits per heavy atom. The summed E-state index contributed by atoms with van der Waals surface area (Å²) < 4.78 is 32.6. The van der Waals surface area contributed by atoms with E-state index in [1.165, 1.54) is 19.2 Å². The smallest absolute Gasteiger partial charge is 0.336 e. The van der Waals surface area contributed by atoms with Crippen molar-refractivity contribution in [3.8, 4) is 0 Å². The second kappa shape index (κ2) is 7.05. The van der Waals surface area contributed by atoms with Crippen LogP contribution >= 0.6 is 0 Å². The van der Waals surface area contributed by atoms with Crippen LogP contribution in [0.2, 0.25) is 0 Å². The molecule has 0 saturated carbocycles. The zero-order chi connectivity index (χ0) is 19.0. The first-order valence-corrected chi connectivity index (χ1v) is 8.69. The molecule has 1 aromatic rings. The van der Waals surface area contributed by atoms with E-state index in [1.807, 2.05) is 13.8 Å². The maximum atomic E-state index is 14.4. The second-order valence-electron chi connectivity index (χ2n) is 6.97. The molecule has 26 heavy (non-hydrogen) atoms. The second-order valence-corrected chi connectivity index (χ2v) is 6.97. The van der Waals surface area contributed by atoms with Crippen LogP contribution in [0, 0.1) is 11.6 Å². The van der Waals surface area contributed by atoms with Crippen LogP contribution in [-0.4, -0.2) is 42.1 Å². The van der Waals surface area contributed by atoms with Crippen molar-refractivity contribution in [1.82, 2.24) is 10.2 Å². The molecule has 0 spiro atoms. The van der Waals surface area contributed by atoms with Gasteiger partial charge in [0.15, 0.2) is 0 Å². The number of nitrogens with one attached hydrogen (secondary N) is 1. The highest BCUT2D eigenvalue weighted by Gasteiger charge is 2.47. The molecule has 7 heteroatoms. The van der Waals surface area contributed by atoms with Gasteiger partial charge in [-0.15, -0.1) is 0 Å². The van der Waals surface area contributed by atoms with E-state index in [0.29, 0.717) is 24.8 Å². The van der Waals surface area contributed by atoms with Crippen molar-refractivity contribution in [3.05, 3.63) is 41.0 Å². The zero-order valence-corrected chi connectivity index (χ0v) is 15.0. The van der Waals surface area contributed by atoms with Gasteiger partial charge in [-0.1, -0.05) is 0 Å². The third kappa shape index (κ3) is 3.18. The maximum absolute atomic E-state index is 14.4. The van der Waals surface area contributed by atoms with E-state index in [2.05, 4.69) is 5.32 Å². The summed E-state index contributed by atoms with van der Waals surface area (Å²) in [4.78, 5) is 26.7. The highest BCUT2D eigenvalue weighted by atomic mass is 19.1. The van der Waals surface area contributed by atoms with Gasteiger partial charge in [0.2, 0.25) is 0 Å². The number of ether oxygens (including phenoxy) is 1. The topological polar surface area (TPSA) is 58.6 Å². The van der Waals surface area contributed by atoms with Gasteiger partial charge in [-0.05, 0) is 50.8 Å². The predicted octanol–water partition coefficient (Wildman–Crippen LogP) is 3.25. The number of hydrogen-bond acceptors (Lipinski definition) is 3. The molecule has 2 atom stereocenters. The number of urea groups is 1. The van der Waals surface area contributed by atoms with Crippen LogP contribution < -0.4 is 5.32 Å². The average Bonchev–Trinajstić information content (AvgIpc) is 2.88. The quantitative estimate of drug-likeness (QED) is 0.838. The minimum atomic E-state index is -0.721. The number of benzene rings is 1. The number of amides is 2. The molecule has 140 valence electrons. The van der Waals surface area contributed by atoms with Crippen LogP contribution in [0.5, 0.6) is 0 Å². The van der Waals surface area contributed by atoms with E-state index in [4.69, 9.17) is 4.74 Å². The molecule has 2 heterocycles. The van der Waals surface area contributed by atoms with Crippen LogP contribution in [0.3, 0.4) is 0 Å². The van der Waals surface area contributed by atoms with Gasteiger partial charge in [0, 0.05) is 23.7 Å². The van der Waals surface area contributed by atoms with Crippen molar-refractivity contribution in [2.45, 2.75) is 51.2 Å². The van der Waals surface area contributed by atoms with Crippen LogP contribution in [0.25, 0.3) is 5.57 Å². The molecular formula is C19H22F2N2O3. The van der Waals surface area contributed by atoms with E-state index in [-0.39, 0.29) is 29.3 Å². The molecule has 1 N–H and O–H groups in total. The number of nitrogens with zero attached hydrogens (tertiary/aromatic N) is 1. The first-order valence-electron chi connectivity index (χ1n) is 8.69. The van der Waals surface area contributed by atoms with Crippen molar-refractivity contribution in [2.75, 3.05) is 7.11 Å². The number of esters is 1. The fourth-order valence-corrected chi connectivity index (χ4v) is 3.90. The van der Waals surface area contributed by atoms with Crippen molar-refractivity contribution in [2.24, 2.45) is 0 Å². The Balaban J connectivity index is 2.07. The molecule has 0 aliphatic carbocycles. The Bertz CT molecular complexity index is 776. The fraction of sp³-hybridized carbons (Fsp3) is 0.474. The summed E-state index contributed by atoms with van der Waals surface area (Å²) >= 11 is 0. The monoisotopic (exact) mass is 364 g/mol. The van der Waals surface area contributed by atoms with Gasteiger partial charge in [0.25, 0.3) is 0 Å². The Hall–Kier alpha value is -2.44. The molecule has 2 aliphatic rings. The summed E-state index contributed by atoms with van der Waals surface area (Å²) in [5, 5.41) is 2.85. The Kier molecular flexibility index (Phi) is 4.98. The van der Waals surface area contributed by atoms with E-state index in [0.717, 1.165) is 6.07 Å². The average molecular weight is 364 g/mol. The van der Waals surface area contributed by atoms with Crippen molar-refractivity contribution >= 4 is 17.6 Å². The summed E-state index contributed by atoms with van der Waals surface area (Å²) in [6.45, 7) is 3.72. The van der Waals surface area contributed by atoms with Crippen molar-refractivity contribution in [3.63, 3.8) is 0 Å². The largest absolute Gasteiger partial charge is 0.466 e. The third-order valence-corrected chi connectivity index (χ3v) is 4.91. The zero-order valence-electron chi connectivity index (χ0n) is 15.0. The SMILES string of the molecule is COC(=O)C1=C(c2ccc(F)cc2F)C[C@@H]2CC[C@H]1N2C(=O)NC(C)C. The van der Waals surface area contributed by atoms with E-state index < -0.39 is 23.6 Å². The number of rotatable bonds is 3. The first kappa shape index (κ1) is 18.4. The molecule has 3 rings (SSSR count). The van der Waals surface area contributed by atoms with Gasteiger partial charge >= 0.3 is 12.0 Å². The normalized spacial score (nSPS) is 22.0. The summed E-state index contributed by atoms with van der Waals surface area (Å²) in [5.41, 5.74) is 0.966. The van der Waals surface area contributed by atoms with Crippen LogP contribution in [-0.2, 0) is 9.53 Å². The first-order chi connectivity index (χ1) is 12.3. The lowest BCUT2D eigenvalue weighted by Gasteiger charge is -2.37. The molecule has 1 aromatic carbocycles. The van der Waals surface area contributed by atoms with Crippen LogP contribution in [0.1, 0.15) is 38.7 Å². The van der Waals surface area contributed by atoms with Gasteiger partial charge < -0.3 is 15.0 Å². The van der Waals surface area contributed by atoms with E-state index >= 15 is 0 Å². The lowest BCUT2D eigenvalue weighted by Crippen LogP contribution is -2.52. The Morgan fingerprint density at radius 1 is 1.27 bits per heavy atom. The standard InChI is InChI=1S/C19H22F2N2O3/c1-10(2)22-19(25)23-12-5-7-16(23)17(18(24)26-3)14(9-12)13-6-4-11(20)8-15(13)21/h4,6,8,10,12,16H,5,7,9H2,1-3H3,(H,22,25)/t12-,16+/m0/s1. The van der Waals surface area contributed by atoms with Crippen LogP contribution in [0.4, 0.5) is 13.6 Å². The molecule has 1 fully saturated rings. The minimum Gasteiger partial charge on any atom is -0.466 e. The molecule has 2 aliphatic heterocycles. The number of carbonyl (C=O) groups excluding carboxylic acids is 2. The van der Waals surface area contributed by atoms with Crippen molar-refractivity contribution < 1.29 is 23.1 Å². The predicted molar refractivity (Wildman–Crippen MR) is 92.2 cm³/mol. The lowest BCUT2D eigenvalue weighted by atomic mass is 9.88. The molecular weight excluding hydrogens is 342 g/mol. The summed E-state index contributed by atoms with van der Waals surface area (Å²) in [7, 11) is 1.26. The van der Waals surface area contributed by atoms with Gasteiger partial charge in [0.1, 0.15) is 11.6 Å². The number of halogens is 2. The molecule has 0 aromatic heterocycles. The maximum Gasteiger partial charge on any atom is 0.336 e. The van der Waals surface area contributed by atoms with E-state index in [1.54, 1.807) is 4.90 Å². The summed E-state index contributed by atoms with van der Waals surface area (Å²) in [6, 6.07) is 2.42. The molecule has 2 amide bonds. The number of fused-ring (bicyclic) bond motifs is 2. The van der Waals surface area contributed by atoms with Gasteiger partial charge in [-0.3, -0.25) is 0 Å². The molecule has 5 nitrogen and oxygen atoms in total. The van der Waals surface area contributed by atoms with Gasteiger partial charge in [-0.2, -0.15) is 0 Å². The third-order valence-electron chi connectivity index (χ3n) is 4.91. The lowest BCUT2D eigenvalue weighted by molar-refractivity contribution is -0.136. The Morgan fingerprint density at radius 3 is 2.62 bits per heavy atom. The van der Waals surface area contributed by atoms with Gasteiger partial charge in [-0.25, -0.2) is 18.4 Å². The molecule has 1 saturated heterocycles. The van der Waals surface area contributed by atoms with Crippen LogP contribution in [0.15, 0.2) is 23.8 Å². The number of hydrogen-bond donors (Lipinski definition) is 1. The highest BCUT2D eigenvalue weighted by molar-refractivity contribution is 6.01. The summed E-state index contributed by atoms with van der Waals surface area (Å²) in [5.74, 6) is -1.99. The van der Waals surface area contributed by atoms with E-state index in [9.17, 15) is 18.4 Å². The fourth-order valence-electron chi connectivity index (χ4n) is 3.90. The molecule has 0 radical (unpaired) electrons. The highest BCUT2D eigenvalue weighted by Crippen LogP contribution is 2.44. The number of carbonyl (C=O) groups is 2. The number of methoxy groups -OCH3 is 1. The summed E-state index contributed by atoms with van der Waals surface area (Å²) in [6.07, 6.45) is 1.64. The molecule has 2 bridgehead atoms. The van der Waals surface area contributed by atoms with Gasteiger partial charge in [0.05, 0.1) is 18.7 Å². The minimum absolute atomic E-state index is 0.0385. The van der Waals surface area contributed by atoms with Crippen molar-refractivity contribution in [1.29, 1.82) is 0 Å².